The predicted molar refractivity (Wildman–Crippen MR) is 102 cm³/mol. The molecule has 25 heavy (non-hydrogen) atoms. The molecule has 1 aromatic rings. The summed E-state index contributed by atoms with van der Waals surface area (Å²) in [6.45, 7) is 3.76. The molecule has 1 aliphatic heterocycles. The minimum absolute atomic E-state index is 0. The molecule has 3 amide bonds. The lowest BCUT2D eigenvalue weighted by Crippen LogP contribution is -2.39. The van der Waals surface area contributed by atoms with Gasteiger partial charge in [0.25, 0.3) is 0 Å². The van der Waals surface area contributed by atoms with E-state index in [1.165, 1.54) is 6.42 Å². The first kappa shape index (κ1) is 21.3. The van der Waals surface area contributed by atoms with Gasteiger partial charge in [0.05, 0.1) is 0 Å². The third-order valence-electron chi connectivity index (χ3n) is 4.27. The minimum Gasteiger partial charge on any atom is -0.356 e. The van der Waals surface area contributed by atoms with Gasteiger partial charge in [0.2, 0.25) is 5.91 Å². The monoisotopic (exact) mass is 368 g/mol. The zero-order valence-corrected chi connectivity index (χ0v) is 15.6. The summed E-state index contributed by atoms with van der Waals surface area (Å²) in [6.07, 6.45) is 2.53. The Bertz CT molecular complexity index is 521. The number of halogens is 1. The first-order valence-electron chi connectivity index (χ1n) is 8.65. The van der Waals surface area contributed by atoms with Gasteiger partial charge in [-0.25, -0.2) is 4.79 Å². The van der Waals surface area contributed by atoms with Gasteiger partial charge in [-0.05, 0) is 37.4 Å². The summed E-state index contributed by atoms with van der Waals surface area (Å²) in [5.74, 6) is 0.670. The molecule has 3 N–H and O–H groups in total. The summed E-state index contributed by atoms with van der Waals surface area (Å²) in [5, 5.41) is 9.02. The third-order valence-corrected chi connectivity index (χ3v) is 4.27. The Kier molecular flexibility index (Phi) is 9.96. The van der Waals surface area contributed by atoms with Crippen LogP contribution in [0.25, 0.3) is 0 Å². The summed E-state index contributed by atoms with van der Waals surface area (Å²) in [6, 6.07) is 9.66. The summed E-state index contributed by atoms with van der Waals surface area (Å²) in [5.41, 5.74) is 1.08. The zero-order valence-electron chi connectivity index (χ0n) is 14.8. The zero-order chi connectivity index (χ0) is 17.2. The Labute approximate surface area is 156 Å². The van der Waals surface area contributed by atoms with Gasteiger partial charge in [0.15, 0.2) is 0 Å². The van der Waals surface area contributed by atoms with Gasteiger partial charge in [0, 0.05) is 33.1 Å². The molecular formula is C18H29ClN4O2. The van der Waals surface area contributed by atoms with E-state index in [4.69, 9.17) is 0 Å². The Morgan fingerprint density at radius 1 is 1.20 bits per heavy atom. The highest BCUT2D eigenvalue weighted by Gasteiger charge is 2.14. The highest BCUT2D eigenvalue weighted by Crippen LogP contribution is 2.10. The molecule has 1 atom stereocenters. The van der Waals surface area contributed by atoms with Crippen molar-refractivity contribution >= 4 is 24.3 Å². The molecule has 1 unspecified atom stereocenters. The summed E-state index contributed by atoms with van der Waals surface area (Å²) in [4.78, 5) is 25.4. The average Bonchev–Trinajstić information content (AvgIpc) is 3.09. The molecule has 1 aromatic carbocycles. The average molecular weight is 369 g/mol. The van der Waals surface area contributed by atoms with E-state index in [0.717, 1.165) is 25.1 Å². The molecule has 6 nitrogen and oxygen atoms in total. The van der Waals surface area contributed by atoms with Crippen LogP contribution in [-0.4, -0.2) is 50.1 Å². The summed E-state index contributed by atoms with van der Waals surface area (Å²) < 4.78 is 0. The first-order chi connectivity index (χ1) is 11.6. The van der Waals surface area contributed by atoms with E-state index in [1.54, 1.807) is 11.9 Å². The lowest BCUT2D eigenvalue weighted by Gasteiger charge is -2.18. The third kappa shape index (κ3) is 8.23. The van der Waals surface area contributed by atoms with Crippen molar-refractivity contribution in [2.45, 2.75) is 25.8 Å². The van der Waals surface area contributed by atoms with Crippen LogP contribution in [0.1, 0.15) is 24.8 Å². The highest BCUT2D eigenvalue weighted by atomic mass is 35.5. The van der Waals surface area contributed by atoms with Crippen LogP contribution in [0.2, 0.25) is 0 Å². The maximum absolute atomic E-state index is 12.0. The molecule has 1 fully saturated rings. The molecule has 0 radical (unpaired) electrons. The Morgan fingerprint density at radius 3 is 2.64 bits per heavy atom. The largest absolute Gasteiger partial charge is 0.356 e. The second-order valence-electron chi connectivity index (χ2n) is 6.32. The minimum atomic E-state index is -0.163. The Balaban J connectivity index is 0.00000312. The van der Waals surface area contributed by atoms with Crippen molar-refractivity contribution in [1.82, 2.24) is 20.9 Å². The van der Waals surface area contributed by atoms with Gasteiger partial charge < -0.3 is 20.9 Å². The van der Waals surface area contributed by atoms with Gasteiger partial charge in [-0.2, -0.15) is 0 Å². The smallest absolute Gasteiger partial charge is 0.317 e. The van der Waals surface area contributed by atoms with E-state index in [0.29, 0.717) is 32.0 Å². The molecule has 0 aromatic heterocycles. The number of carbonyl (C=O) groups excluding carboxylic acids is 2. The Morgan fingerprint density at radius 2 is 1.96 bits per heavy atom. The molecule has 7 heteroatoms. The van der Waals surface area contributed by atoms with Crippen molar-refractivity contribution in [1.29, 1.82) is 0 Å². The molecule has 0 bridgehead atoms. The van der Waals surface area contributed by atoms with Crippen LogP contribution in [0, 0.1) is 5.92 Å². The molecule has 140 valence electrons. The molecule has 1 aliphatic rings. The SMILES string of the molecule is CN(Cc1ccccc1)C(=O)NCCC(=O)NCCC1CCNC1.Cl. The molecule has 0 aliphatic carbocycles. The van der Waals surface area contributed by atoms with Crippen molar-refractivity contribution in [2.24, 2.45) is 5.92 Å². The molecule has 0 spiro atoms. The number of nitrogens with one attached hydrogen (secondary N) is 3. The maximum atomic E-state index is 12.0. The number of hydrogen-bond donors (Lipinski definition) is 3. The number of rotatable bonds is 8. The number of hydrogen-bond acceptors (Lipinski definition) is 3. The van der Waals surface area contributed by atoms with E-state index in [9.17, 15) is 9.59 Å². The number of urea groups is 1. The highest BCUT2D eigenvalue weighted by molar-refractivity contribution is 5.85. The van der Waals surface area contributed by atoms with Crippen molar-refractivity contribution in [3.63, 3.8) is 0 Å². The van der Waals surface area contributed by atoms with Crippen LogP contribution in [0.15, 0.2) is 30.3 Å². The summed E-state index contributed by atoms with van der Waals surface area (Å²) >= 11 is 0. The number of benzene rings is 1. The fourth-order valence-electron chi connectivity index (χ4n) is 2.81. The van der Waals surface area contributed by atoms with E-state index in [2.05, 4.69) is 16.0 Å². The fourth-order valence-corrected chi connectivity index (χ4v) is 2.81. The molecular weight excluding hydrogens is 340 g/mol. The van der Waals surface area contributed by atoms with Gasteiger partial charge in [-0.1, -0.05) is 30.3 Å². The van der Waals surface area contributed by atoms with Crippen LogP contribution < -0.4 is 16.0 Å². The van der Waals surface area contributed by atoms with Gasteiger partial charge in [0.1, 0.15) is 0 Å². The number of amides is 3. The molecule has 1 heterocycles. The van der Waals surface area contributed by atoms with E-state index < -0.39 is 0 Å². The van der Waals surface area contributed by atoms with Crippen molar-refractivity contribution in [3.8, 4) is 0 Å². The van der Waals surface area contributed by atoms with Crippen molar-refractivity contribution in [3.05, 3.63) is 35.9 Å². The van der Waals surface area contributed by atoms with Crippen molar-refractivity contribution < 1.29 is 9.59 Å². The van der Waals surface area contributed by atoms with Gasteiger partial charge in [-0.3, -0.25) is 4.79 Å². The lowest BCUT2D eigenvalue weighted by molar-refractivity contribution is -0.120. The van der Waals surface area contributed by atoms with Crippen LogP contribution in [0.5, 0.6) is 0 Å². The van der Waals surface area contributed by atoms with Gasteiger partial charge in [-0.15, -0.1) is 12.4 Å². The summed E-state index contributed by atoms with van der Waals surface area (Å²) in [7, 11) is 1.75. The molecule has 1 saturated heterocycles. The normalized spacial score (nSPS) is 16.0. The number of carbonyl (C=O) groups is 2. The maximum Gasteiger partial charge on any atom is 0.317 e. The second-order valence-corrected chi connectivity index (χ2v) is 6.32. The topological polar surface area (TPSA) is 73.5 Å². The van der Waals surface area contributed by atoms with Crippen molar-refractivity contribution in [2.75, 3.05) is 33.2 Å². The predicted octanol–water partition coefficient (Wildman–Crippen LogP) is 1.76. The van der Waals surface area contributed by atoms with E-state index in [1.807, 2.05) is 30.3 Å². The van der Waals surface area contributed by atoms with Crippen LogP contribution in [-0.2, 0) is 11.3 Å². The lowest BCUT2D eigenvalue weighted by atomic mass is 10.1. The quantitative estimate of drug-likeness (QED) is 0.654. The van der Waals surface area contributed by atoms with Crippen LogP contribution in [0.4, 0.5) is 4.79 Å². The fraction of sp³-hybridized carbons (Fsp3) is 0.556. The second kappa shape index (κ2) is 11.7. The standard InChI is InChI=1S/C18H28N4O2.ClH/c1-22(14-16-5-3-2-4-6-16)18(24)21-12-9-17(23)20-11-8-15-7-10-19-13-15;/h2-6,15,19H,7-14H2,1H3,(H,20,23)(H,21,24);1H. The first-order valence-corrected chi connectivity index (χ1v) is 8.65. The van der Waals surface area contributed by atoms with Crippen LogP contribution in [0.3, 0.4) is 0 Å². The van der Waals surface area contributed by atoms with Gasteiger partial charge >= 0.3 is 6.03 Å². The van der Waals surface area contributed by atoms with Crippen LogP contribution >= 0.6 is 12.4 Å². The van der Waals surface area contributed by atoms with E-state index >= 15 is 0 Å². The number of nitrogens with zero attached hydrogens (tertiary/aromatic N) is 1. The Hall–Kier alpha value is -1.79. The molecule has 0 saturated carbocycles. The molecule has 2 rings (SSSR count). The van der Waals surface area contributed by atoms with E-state index in [-0.39, 0.29) is 24.3 Å².